The zero-order chi connectivity index (χ0) is 11.4. The van der Waals surface area contributed by atoms with Gasteiger partial charge in [-0.2, -0.15) is 0 Å². The lowest BCUT2D eigenvalue weighted by Gasteiger charge is -2.19. The number of rotatable bonds is 4. The third kappa shape index (κ3) is 2.96. The summed E-state index contributed by atoms with van der Waals surface area (Å²) in [4.78, 5) is 11.1. The van der Waals surface area contributed by atoms with Gasteiger partial charge in [0.25, 0.3) is 0 Å². The first-order chi connectivity index (χ1) is 7.06. The van der Waals surface area contributed by atoms with Crippen LogP contribution in [0.3, 0.4) is 0 Å². The Hall–Kier alpha value is -1.02. The second kappa shape index (κ2) is 5.17. The van der Waals surface area contributed by atoms with Gasteiger partial charge in [0.1, 0.15) is 5.75 Å². The predicted octanol–water partition coefficient (Wildman–Crippen LogP) is 3.29. The molecule has 0 aliphatic heterocycles. The highest BCUT2D eigenvalue weighted by Gasteiger charge is 2.22. The Kier molecular flexibility index (Phi) is 4.15. The molecule has 0 aliphatic carbocycles. The van der Waals surface area contributed by atoms with Gasteiger partial charge in [0.05, 0.1) is 0 Å². The smallest absolute Gasteiger partial charge is 0.225 e. The Balaban J connectivity index is 2.97. The van der Waals surface area contributed by atoms with E-state index in [-0.39, 0.29) is 22.8 Å². The maximum Gasteiger partial charge on any atom is 0.225 e. The highest BCUT2D eigenvalue weighted by Crippen LogP contribution is 2.30. The molecule has 2 atom stereocenters. The number of halogens is 1. The zero-order valence-corrected chi connectivity index (χ0v) is 9.66. The maximum atomic E-state index is 11.1. The van der Waals surface area contributed by atoms with Crippen molar-refractivity contribution in [3.63, 3.8) is 0 Å². The molecule has 0 saturated carbocycles. The molecule has 0 aliphatic rings. The van der Waals surface area contributed by atoms with E-state index in [2.05, 4.69) is 0 Å². The van der Waals surface area contributed by atoms with Crippen LogP contribution >= 0.6 is 11.6 Å². The van der Waals surface area contributed by atoms with E-state index >= 15 is 0 Å². The lowest BCUT2D eigenvalue weighted by molar-refractivity contribution is -0.115. The van der Waals surface area contributed by atoms with Crippen LogP contribution in [0.5, 0.6) is 5.75 Å². The Bertz CT molecular complexity index is 349. The van der Waals surface area contributed by atoms with Gasteiger partial charge < -0.3 is 5.11 Å². The lowest BCUT2D eigenvalue weighted by atomic mass is 9.86. The minimum atomic E-state index is -0.329. The van der Waals surface area contributed by atoms with Crippen LogP contribution in [-0.4, -0.2) is 10.3 Å². The van der Waals surface area contributed by atoms with Gasteiger partial charge in [0.2, 0.25) is 5.24 Å². The average molecular weight is 227 g/mol. The van der Waals surface area contributed by atoms with E-state index in [9.17, 15) is 9.90 Å². The number of carbonyl (C=O) groups excluding carboxylic acids is 1. The van der Waals surface area contributed by atoms with E-state index < -0.39 is 0 Å². The Morgan fingerprint density at radius 1 is 1.53 bits per heavy atom. The SMILES string of the molecule is CC[C@@H](c1cccc(O)c1)[C@@H](C)C(=O)Cl. The second-order valence-electron chi connectivity index (χ2n) is 3.70. The van der Waals surface area contributed by atoms with Crippen LogP contribution in [0.25, 0.3) is 0 Å². The minimum Gasteiger partial charge on any atom is -0.508 e. The molecule has 0 amide bonds. The first-order valence-corrected chi connectivity index (χ1v) is 5.42. The molecule has 1 N–H and O–H groups in total. The van der Waals surface area contributed by atoms with Crippen molar-refractivity contribution in [3.05, 3.63) is 29.8 Å². The predicted molar refractivity (Wildman–Crippen MR) is 61.2 cm³/mol. The van der Waals surface area contributed by atoms with Gasteiger partial charge in [-0.05, 0) is 41.6 Å². The summed E-state index contributed by atoms with van der Waals surface area (Å²) in [5, 5.41) is 9.03. The molecule has 1 aromatic carbocycles. The van der Waals surface area contributed by atoms with Crippen LogP contribution < -0.4 is 0 Å². The molecule has 0 unspecified atom stereocenters. The van der Waals surface area contributed by atoms with Gasteiger partial charge in [0, 0.05) is 5.92 Å². The number of hydrogen-bond acceptors (Lipinski definition) is 2. The van der Waals surface area contributed by atoms with Crippen molar-refractivity contribution in [2.45, 2.75) is 26.2 Å². The van der Waals surface area contributed by atoms with Gasteiger partial charge in [0.15, 0.2) is 0 Å². The first-order valence-electron chi connectivity index (χ1n) is 5.04. The Morgan fingerprint density at radius 2 is 2.20 bits per heavy atom. The molecule has 15 heavy (non-hydrogen) atoms. The molecule has 2 nitrogen and oxygen atoms in total. The summed E-state index contributed by atoms with van der Waals surface area (Å²) in [6.07, 6.45) is 0.822. The van der Waals surface area contributed by atoms with Crippen molar-refractivity contribution in [1.82, 2.24) is 0 Å². The number of phenols is 1. The molecule has 0 saturated heterocycles. The molecule has 1 aromatic rings. The molecule has 0 fully saturated rings. The highest BCUT2D eigenvalue weighted by atomic mass is 35.5. The van der Waals surface area contributed by atoms with Crippen molar-refractivity contribution in [2.75, 3.05) is 0 Å². The number of carbonyl (C=O) groups is 1. The molecule has 0 radical (unpaired) electrons. The van der Waals surface area contributed by atoms with E-state index in [1.165, 1.54) is 0 Å². The topological polar surface area (TPSA) is 37.3 Å². The summed E-state index contributed by atoms with van der Waals surface area (Å²) in [5.74, 6) is 0.0701. The third-order valence-electron chi connectivity index (χ3n) is 2.70. The molecule has 3 heteroatoms. The fraction of sp³-hybridized carbons (Fsp3) is 0.417. The van der Waals surface area contributed by atoms with Crippen LogP contribution in [0.2, 0.25) is 0 Å². The van der Waals surface area contributed by atoms with E-state index in [4.69, 9.17) is 11.6 Å². The number of hydrogen-bond donors (Lipinski definition) is 1. The van der Waals surface area contributed by atoms with Crippen molar-refractivity contribution >= 4 is 16.8 Å². The molecule has 0 spiro atoms. The Labute approximate surface area is 94.9 Å². The van der Waals surface area contributed by atoms with Gasteiger partial charge in [-0.3, -0.25) is 4.79 Å². The number of benzene rings is 1. The van der Waals surface area contributed by atoms with Gasteiger partial charge in [-0.15, -0.1) is 0 Å². The average Bonchev–Trinajstić information content (AvgIpc) is 2.18. The van der Waals surface area contributed by atoms with E-state index in [0.717, 1.165) is 12.0 Å². The monoisotopic (exact) mass is 226 g/mol. The lowest BCUT2D eigenvalue weighted by Crippen LogP contribution is -2.14. The molecular formula is C12H15ClO2. The standard InChI is InChI=1S/C12H15ClO2/c1-3-11(8(2)12(13)15)9-5-4-6-10(14)7-9/h4-8,11,14H,3H2,1-2H3/t8-,11-/m1/s1. The molecular weight excluding hydrogens is 212 g/mol. The summed E-state index contributed by atoms with van der Waals surface area (Å²) < 4.78 is 0. The molecule has 1 rings (SSSR count). The van der Waals surface area contributed by atoms with Gasteiger partial charge in [-0.1, -0.05) is 26.0 Å². The fourth-order valence-electron chi connectivity index (χ4n) is 1.79. The van der Waals surface area contributed by atoms with Crippen LogP contribution in [-0.2, 0) is 4.79 Å². The summed E-state index contributed by atoms with van der Waals surface area (Å²) >= 11 is 5.49. The zero-order valence-electron chi connectivity index (χ0n) is 8.90. The van der Waals surface area contributed by atoms with Crippen LogP contribution in [0.1, 0.15) is 31.7 Å². The van der Waals surface area contributed by atoms with Crippen molar-refractivity contribution in [1.29, 1.82) is 0 Å². The van der Waals surface area contributed by atoms with Crippen molar-refractivity contribution in [2.24, 2.45) is 5.92 Å². The summed E-state index contributed by atoms with van der Waals surface area (Å²) in [6.45, 7) is 3.82. The second-order valence-corrected chi connectivity index (χ2v) is 4.08. The number of aromatic hydroxyl groups is 1. The first kappa shape index (κ1) is 12.1. The van der Waals surface area contributed by atoms with Crippen LogP contribution in [0.15, 0.2) is 24.3 Å². The summed E-state index contributed by atoms with van der Waals surface area (Å²) in [5.41, 5.74) is 0.957. The minimum absolute atomic E-state index is 0.0714. The van der Waals surface area contributed by atoms with Gasteiger partial charge >= 0.3 is 0 Å². The largest absolute Gasteiger partial charge is 0.508 e. The normalized spacial score (nSPS) is 14.6. The van der Waals surface area contributed by atoms with Crippen LogP contribution in [0, 0.1) is 5.92 Å². The van der Waals surface area contributed by atoms with E-state index in [0.29, 0.717) is 0 Å². The molecule has 0 heterocycles. The van der Waals surface area contributed by atoms with Crippen LogP contribution in [0.4, 0.5) is 0 Å². The summed E-state index contributed by atoms with van der Waals surface area (Å²) in [6, 6.07) is 6.98. The quantitative estimate of drug-likeness (QED) is 0.800. The molecule has 82 valence electrons. The fourth-order valence-corrected chi connectivity index (χ4v) is 1.94. The van der Waals surface area contributed by atoms with E-state index in [1.54, 1.807) is 18.2 Å². The summed E-state index contributed by atoms with van der Waals surface area (Å²) in [7, 11) is 0. The Morgan fingerprint density at radius 3 is 2.67 bits per heavy atom. The molecule has 0 bridgehead atoms. The van der Waals surface area contributed by atoms with E-state index in [1.807, 2.05) is 19.9 Å². The van der Waals surface area contributed by atoms with Crippen molar-refractivity contribution < 1.29 is 9.90 Å². The number of phenolic OH excluding ortho intramolecular Hbond substituents is 1. The third-order valence-corrected chi connectivity index (χ3v) is 3.04. The van der Waals surface area contributed by atoms with Crippen molar-refractivity contribution in [3.8, 4) is 5.75 Å². The molecule has 0 aromatic heterocycles. The highest BCUT2D eigenvalue weighted by molar-refractivity contribution is 6.64. The van der Waals surface area contributed by atoms with Gasteiger partial charge in [-0.25, -0.2) is 0 Å². The maximum absolute atomic E-state index is 11.1.